The molecule has 96 valence electrons. The van der Waals surface area contributed by atoms with Gasteiger partial charge < -0.3 is 5.73 Å². The van der Waals surface area contributed by atoms with Crippen molar-refractivity contribution < 1.29 is 0 Å². The van der Waals surface area contributed by atoms with Gasteiger partial charge in [0.15, 0.2) is 11.0 Å². The van der Waals surface area contributed by atoms with Crippen molar-refractivity contribution in [1.29, 1.82) is 0 Å². The van der Waals surface area contributed by atoms with Gasteiger partial charge in [-0.2, -0.15) is 0 Å². The second-order valence-corrected chi connectivity index (χ2v) is 4.80. The molecular formula is C13H12ClN5. The van der Waals surface area contributed by atoms with Crippen LogP contribution in [0.1, 0.15) is 11.1 Å². The third kappa shape index (κ3) is 1.82. The van der Waals surface area contributed by atoms with Crippen molar-refractivity contribution in [2.75, 3.05) is 5.73 Å². The van der Waals surface area contributed by atoms with Gasteiger partial charge in [-0.15, -0.1) is 0 Å². The van der Waals surface area contributed by atoms with E-state index in [0.717, 1.165) is 11.0 Å². The molecule has 3 rings (SSSR count). The van der Waals surface area contributed by atoms with Crippen LogP contribution >= 0.6 is 11.6 Å². The number of nitrogen functional groups attached to an aromatic ring is 1. The fourth-order valence-corrected chi connectivity index (χ4v) is 2.12. The van der Waals surface area contributed by atoms with E-state index in [-0.39, 0.29) is 5.15 Å². The van der Waals surface area contributed by atoms with Gasteiger partial charge in [-0.1, -0.05) is 11.6 Å². The van der Waals surface area contributed by atoms with Gasteiger partial charge in [0.1, 0.15) is 18.3 Å². The van der Waals surface area contributed by atoms with Crippen molar-refractivity contribution in [3.05, 3.63) is 41.1 Å². The van der Waals surface area contributed by atoms with E-state index in [0.29, 0.717) is 11.5 Å². The molecule has 0 spiro atoms. The maximum absolute atomic E-state index is 5.93. The lowest BCUT2D eigenvalue weighted by Crippen LogP contribution is -2.03. The van der Waals surface area contributed by atoms with Gasteiger partial charge >= 0.3 is 0 Å². The van der Waals surface area contributed by atoms with Crippen LogP contribution in [0.4, 0.5) is 5.69 Å². The van der Waals surface area contributed by atoms with Crippen molar-refractivity contribution in [3.63, 3.8) is 0 Å². The number of benzene rings is 1. The molecule has 0 saturated heterocycles. The van der Waals surface area contributed by atoms with Gasteiger partial charge in [0.2, 0.25) is 0 Å². The van der Waals surface area contributed by atoms with Crippen LogP contribution in [0, 0.1) is 13.8 Å². The van der Waals surface area contributed by atoms with Gasteiger partial charge in [0.25, 0.3) is 0 Å². The first-order chi connectivity index (χ1) is 9.08. The van der Waals surface area contributed by atoms with Crippen molar-refractivity contribution in [3.8, 4) is 5.82 Å². The third-order valence-corrected chi connectivity index (χ3v) is 3.51. The lowest BCUT2D eigenvalue weighted by atomic mass is 10.1. The molecule has 0 aliphatic heterocycles. The van der Waals surface area contributed by atoms with Crippen LogP contribution in [0.5, 0.6) is 0 Å². The van der Waals surface area contributed by atoms with E-state index in [1.54, 1.807) is 6.33 Å². The smallest absolute Gasteiger partial charge is 0.166 e. The molecule has 0 saturated carbocycles. The average Bonchev–Trinajstić information content (AvgIpc) is 2.76. The molecule has 3 aromatic rings. The molecule has 2 heterocycles. The fraction of sp³-hybridized carbons (Fsp3) is 0.154. The normalized spacial score (nSPS) is 11.1. The summed E-state index contributed by atoms with van der Waals surface area (Å²) in [6.07, 6.45) is 3.08. The number of rotatable bonds is 1. The Bertz CT molecular complexity index is 778. The Morgan fingerprint density at radius 2 is 1.84 bits per heavy atom. The first-order valence-corrected chi connectivity index (χ1v) is 6.16. The van der Waals surface area contributed by atoms with E-state index in [4.69, 9.17) is 17.3 Å². The lowest BCUT2D eigenvalue weighted by molar-refractivity contribution is 0.999. The highest BCUT2D eigenvalue weighted by molar-refractivity contribution is 6.32. The van der Waals surface area contributed by atoms with Crippen molar-refractivity contribution in [2.24, 2.45) is 0 Å². The van der Waals surface area contributed by atoms with Gasteiger partial charge in [-0.3, -0.25) is 4.57 Å². The van der Waals surface area contributed by atoms with Crippen LogP contribution in [0.25, 0.3) is 16.9 Å². The number of nitrogens with two attached hydrogens (primary N) is 1. The predicted molar refractivity (Wildman–Crippen MR) is 75.6 cm³/mol. The van der Waals surface area contributed by atoms with Crippen molar-refractivity contribution in [1.82, 2.24) is 19.5 Å². The van der Waals surface area contributed by atoms with Gasteiger partial charge in [-0.05, 0) is 37.1 Å². The second-order valence-electron chi connectivity index (χ2n) is 4.44. The maximum Gasteiger partial charge on any atom is 0.166 e. The molecule has 19 heavy (non-hydrogen) atoms. The van der Waals surface area contributed by atoms with Gasteiger partial charge in [0.05, 0.1) is 11.0 Å². The summed E-state index contributed by atoms with van der Waals surface area (Å²) >= 11 is 5.93. The third-order valence-electron chi connectivity index (χ3n) is 3.21. The summed E-state index contributed by atoms with van der Waals surface area (Å²) < 4.78 is 1.82. The minimum atomic E-state index is 0.246. The standard InChI is InChI=1S/C13H12ClN5/c1-7-3-9-10(4-8(7)2)19(6-18-9)13-11(15)12(14)16-5-17-13/h3-6H,15H2,1-2H3. The highest BCUT2D eigenvalue weighted by Gasteiger charge is 2.12. The number of imidazole rings is 1. The summed E-state index contributed by atoms with van der Waals surface area (Å²) in [6, 6.07) is 4.10. The number of aromatic nitrogens is 4. The molecule has 0 aliphatic carbocycles. The minimum absolute atomic E-state index is 0.246. The zero-order valence-corrected chi connectivity index (χ0v) is 11.3. The molecule has 1 aromatic carbocycles. The lowest BCUT2D eigenvalue weighted by Gasteiger charge is -2.08. The minimum Gasteiger partial charge on any atom is -0.393 e. The number of hydrogen-bond acceptors (Lipinski definition) is 4. The first kappa shape index (κ1) is 11.9. The van der Waals surface area contributed by atoms with Crippen LogP contribution in [0.15, 0.2) is 24.8 Å². The SMILES string of the molecule is Cc1cc2ncn(-c3ncnc(Cl)c3N)c2cc1C. The fourth-order valence-electron chi connectivity index (χ4n) is 1.99. The molecule has 0 amide bonds. The first-order valence-electron chi connectivity index (χ1n) is 5.78. The van der Waals surface area contributed by atoms with Crippen molar-refractivity contribution in [2.45, 2.75) is 13.8 Å². The molecule has 0 aliphatic rings. The monoisotopic (exact) mass is 273 g/mol. The van der Waals surface area contributed by atoms with E-state index in [9.17, 15) is 0 Å². The largest absolute Gasteiger partial charge is 0.393 e. The summed E-state index contributed by atoms with van der Waals surface area (Å²) in [4.78, 5) is 12.4. The summed E-state index contributed by atoms with van der Waals surface area (Å²) in [5.41, 5.74) is 10.5. The average molecular weight is 274 g/mol. The Balaban J connectivity index is 2.31. The maximum atomic E-state index is 5.93. The van der Waals surface area contributed by atoms with Crippen LogP contribution in [0.2, 0.25) is 5.15 Å². The summed E-state index contributed by atoms with van der Waals surface area (Å²) in [5.74, 6) is 0.547. The number of anilines is 1. The summed E-state index contributed by atoms with van der Waals surface area (Å²) in [7, 11) is 0. The highest BCUT2D eigenvalue weighted by atomic mass is 35.5. The number of halogens is 1. The number of fused-ring (bicyclic) bond motifs is 1. The van der Waals surface area contributed by atoms with E-state index in [1.807, 2.05) is 10.6 Å². The second kappa shape index (κ2) is 4.20. The van der Waals surface area contributed by atoms with E-state index in [2.05, 4.69) is 34.9 Å². The van der Waals surface area contributed by atoms with Crippen LogP contribution < -0.4 is 5.73 Å². The quantitative estimate of drug-likeness (QED) is 0.692. The van der Waals surface area contributed by atoms with Crippen LogP contribution in [-0.2, 0) is 0 Å². The summed E-state index contributed by atoms with van der Waals surface area (Å²) in [6.45, 7) is 4.12. The Labute approximate surface area is 115 Å². The molecule has 6 heteroatoms. The number of aryl methyl sites for hydroxylation is 2. The Hall–Kier alpha value is -2.14. The molecule has 0 atom stereocenters. The van der Waals surface area contributed by atoms with Crippen LogP contribution in [-0.4, -0.2) is 19.5 Å². The Morgan fingerprint density at radius 1 is 1.11 bits per heavy atom. The molecule has 0 fully saturated rings. The summed E-state index contributed by atoms with van der Waals surface area (Å²) in [5, 5.41) is 0.246. The molecule has 2 aromatic heterocycles. The molecule has 2 N–H and O–H groups in total. The Morgan fingerprint density at radius 3 is 2.63 bits per heavy atom. The zero-order valence-electron chi connectivity index (χ0n) is 10.6. The molecule has 5 nitrogen and oxygen atoms in total. The predicted octanol–water partition coefficient (Wildman–Crippen LogP) is 2.67. The number of hydrogen-bond donors (Lipinski definition) is 1. The molecule has 0 unspecified atom stereocenters. The highest BCUT2D eigenvalue weighted by Crippen LogP contribution is 2.26. The topological polar surface area (TPSA) is 69.6 Å². The molecule has 0 radical (unpaired) electrons. The molecule has 0 bridgehead atoms. The van der Waals surface area contributed by atoms with Gasteiger partial charge in [-0.25, -0.2) is 15.0 Å². The van der Waals surface area contributed by atoms with Crippen LogP contribution in [0.3, 0.4) is 0 Å². The van der Waals surface area contributed by atoms with Gasteiger partial charge in [0, 0.05) is 0 Å². The number of nitrogens with zero attached hydrogens (tertiary/aromatic N) is 4. The van der Waals surface area contributed by atoms with Crippen molar-refractivity contribution >= 4 is 28.3 Å². The van der Waals surface area contributed by atoms with E-state index >= 15 is 0 Å². The Kier molecular flexibility index (Phi) is 2.64. The van der Waals surface area contributed by atoms with E-state index in [1.165, 1.54) is 17.5 Å². The van der Waals surface area contributed by atoms with E-state index < -0.39 is 0 Å². The molecular weight excluding hydrogens is 262 g/mol. The zero-order chi connectivity index (χ0) is 13.6.